The summed E-state index contributed by atoms with van der Waals surface area (Å²) < 4.78 is 19.9. The Balaban J connectivity index is 1.44. The van der Waals surface area contributed by atoms with Gasteiger partial charge in [-0.25, -0.2) is 14.4 Å². The summed E-state index contributed by atoms with van der Waals surface area (Å²) in [4.78, 5) is 12.9. The lowest BCUT2D eigenvalue weighted by atomic mass is 10.1. The molecule has 1 saturated heterocycles. The lowest BCUT2D eigenvalue weighted by molar-refractivity contribution is 0.172. The lowest BCUT2D eigenvalue weighted by Gasteiger charge is -2.33. The molecule has 0 bridgehead atoms. The molecule has 0 radical (unpaired) electrons. The molecule has 0 unspecified atom stereocenters. The third-order valence-corrected chi connectivity index (χ3v) is 4.24. The first kappa shape index (κ1) is 14.0. The number of aromatic amines is 1. The van der Waals surface area contributed by atoms with Gasteiger partial charge >= 0.3 is 0 Å². The standard InChI is InChI=1S/C17H17FN4O/c18-14-10-19-11-21-17(14)22-8-5-12(6-9-22)23-16-3-1-2-15-13(16)4-7-20-15/h1-4,7,10-12,20H,5-6,8-9H2. The Morgan fingerprint density at radius 2 is 2.09 bits per heavy atom. The summed E-state index contributed by atoms with van der Waals surface area (Å²) in [5.41, 5.74) is 1.07. The molecule has 1 N–H and O–H groups in total. The van der Waals surface area contributed by atoms with E-state index in [0.29, 0.717) is 5.82 Å². The first-order valence-corrected chi connectivity index (χ1v) is 7.74. The van der Waals surface area contributed by atoms with Crippen LogP contribution in [0.25, 0.3) is 10.9 Å². The Labute approximate surface area is 133 Å². The van der Waals surface area contributed by atoms with Crippen molar-refractivity contribution in [2.45, 2.75) is 18.9 Å². The summed E-state index contributed by atoms with van der Waals surface area (Å²) in [6.45, 7) is 1.45. The predicted octanol–water partition coefficient (Wildman–Crippen LogP) is 3.14. The fraction of sp³-hybridized carbons (Fsp3) is 0.294. The Bertz CT molecular complexity index is 811. The molecule has 0 saturated carbocycles. The van der Waals surface area contributed by atoms with Crippen LogP contribution < -0.4 is 9.64 Å². The van der Waals surface area contributed by atoms with Crippen LogP contribution in [0.3, 0.4) is 0 Å². The van der Waals surface area contributed by atoms with Crippen LogP contribution in [-0.4, -0.2) is 34.1 Å². The zero-order valence-electron chi connectivity index (χ0n) is 12.6. The van der Waals surface area contributed by atoms with E-state index in [-0.39, 0.29) is 11.9 Å². The Morgan fingerprint density at radius 1 is 1.22 bits per heavy atom. The first-order chi connectivity index (χ1) is 11.3. The fourth-order valence-corrected chi connectivity index (χ4v) is 3.06. The van der Waals surface area contributed by atoms with Crippen LogP contribution in [0.5, 0.6) is 5.75 Å². The third kappa shape index (κ3) is 2.72. The minimum Gasteiger partial charge on any atom is -0.490 e. The van der Waals surface area contributed by atoms with E-state index in [0.717, 1.165) is 42.6 Å². The summed E-state index contributed by atoms with van der Waals surface area (Å²) in [7, 11) is 0. The molecule has 23 heavy (non-hydrogen) atoms. The van der Waals surface area contributed by atoms with Crippen LogP contribution in [0.2, 0.25) is 0 Å². The number of nitrogens with zero attached hydrogens (tertiary/aromatic N) is 3. The summed E-state index contributed by atoms with van der Waals surface area (Å²) in [6, 6.07) is 8.03. The van der Waals surface area contributed by atoms with Gasteiger partial charge in [0, 0.05) is 43.0 Å². The van der Waals surface area contributed by atoms with Crippen LogP contribution in [-0.2, 0) is 0 Å². The maximum absolute atomic E-state index is 13.8. The molecular weight excluding hydrogens is 295 g/mol. The number of hydrogen-bond donors (Lipinski definition) is 1. The predicted molar refractivity (Wildman–Crippen MR) is 86.2 cm³/mol. The van der Waals surface area contributed by atoms with E-state index in [4.69, 9.17) is 4.74 Å². The first-order valence-electron chi connectivity index (χ1n) is 7.74. The van der Waals surface area contributed by atoms with E-state index < -0.39 is 0 Å². The van der Waals surface area contributed by atoms with E-state index in [1.165, 1.54) is 12.5 Å². The van der Waals surface area contributed by atoms with E-state index in [9.17, 15) is 4.39 Å². The number of benzene rings is 1. The van der Waals surface area contributed by atoms with Gasteiger partial charge in [0.25, 0.3) is 0 Å². The minimum atomic E-state index is -0.371. The molecule has 5 nitrogen and oxygen atoms in total. The molecule has 118 valence electrons. The monoisotopic (exact) mass is 312 g/mol. The van der Waals surface area contributed by atoms with Crippen molar-refractivity contribution in [3.63, 3.8) is 0 Å². The number of aromatic nitrogens is 3. The number of anilines is 1. The van der Waals surface area contributed by atoms with Crippen molar-refractivity contribution < 1.29 is 9.13 Å². The minimum absolute atomic E-state index is 0.136. The average molecular weight is 312 g/mol. The molecule has 0 spiro atoms. The van der Waals surface area contributed by atoms with Crippen LogP contribution in [0, 0.1) is 5.82 Å². The van der Waals surface area contributed by atoms with Crippen molar-refractivity contribution in [2.24, 2.45) is 0 Å². The highest BCUT2D eigenvalue weighted by Gasteiger charge is 2.23. The topological polar surface area (TPSA) is 54.0 Å². The number of rotatable bonds is 3. The molecular formula is C17H17FN4O. The molecule has 1 fully saturated rings. The summed E-state index contributed by atoms with van der Waals surface area (Å²) in [5.74, 6) is 0.908. The second-order valence-corrected chi connectivity index (χ2v) is 5.69. The van der Waals surface area contributed by atoms with Gasteiger partial charge in [-0.3, -0.25) is 0 Å². The maximum Gasteiger partial charge on any atom is 0.183 e. The van der Waals surface area contributed by atoms with E-state index in [1.807, 2.05) is 35.4 Å². The Hall–Kier alpha value is -2.63. The van der Waals surface area contributed by atoms with E-state index >= 15 is 0 Å². The molecule has 3 heterocycles. The van der Waals surface area contributed by atoms with Crippen molar-refractivity contribution in [3.05, 3.63) is 48.8 Å². The summed E-state index contributed by atoms with van der Waals surface area (Å²) >= 11 is 0. The number of ether oxygens (including phenoxy) is 1. The van der Waals surface area contributed by atoms with Crippen molar-refractivity contribution in [2.75, 3.05) is 18.0 Å². The van der Waals surface area contributed by atoms with Crippen molar-refractivity contribution in [1.29, 1.82) is 0 Å². The van der Waals surface area contributed by atoms with Crippen LogP contribution in [0.1, 0.15) is 12.8 Å². The van der Waals surface area contributed by atoms with Gasteiger partial charge in [-0.1, -0.05) is 6.07 Å². The summed E-state index contributed by atoms with van der Waals surface area (Å²) in [6.07, 6.45) is 6.31. The molecule has 1 aromatic carbocycles. The molecule has 2 aromatic heterocycles. The molecule has 0 aliphatic carbocycles. The van der Waals surface area contributed by atoms with Crippen molar-refractivity contribution in [1.82, 2.24) is 15.0 Å². The molecule has 1 aliphatic heterocycles. The maximum atomic E-state index is 13.8. The number of fused-ring (bicyclic) bond motifs is 1. The van der Waals surface area contributed by atoms with Crippen molar-refractivity contribution >= 4 is 16.7 Å². The highest BCUT2D eigenvalue weighted by Crippen LogP contribution is 2.28. The van der Waals surface area contributed by atoms with Gasteiger partial charge in [0.15, 0.2) is 11.6 Å². The quantitative estimate of drug-likeness (QED) is 0.807. The van der Waals surface area contributed by atoms with Gasteiger partial charge in [-0.05, 0) is 18.2 Å². The third-order valence-electron chi connectivity index (χ3n) is 4.24. The lowest BCUT2D eigenvalue weighted by Crippen LogP contribution is -2.39. The smallest absolute Gasteiger partial charge is 0.183 e. The second kappa shape index (κ2) is 5.87. The van der Waals surface area contributed by atoms with Crippen LogP contribution in [0.4, 0.5) is 10.2 Å². The molecule has 3 aromatic rings. The number of halogens is 1. The number of hydrogen-bond acceptors (Lipinski definition) is 4. The second-order valence-electron chi connectivity index (χ2n) is 5.69. The molecule has 0 atom stereocenters. The van der Waals surface area contributed by atoms with Gasteiger partial charge in [-0.2, -0.15) is 0 Å². The molecule has 1 aliphatic rings. The highest BCUT2D eigenvalue weighted by atomic mass is 19.1. The van der Waals surface area contributed by atoms with Crippen LogP contribution in [0.15, 0.2) is 43.0 Å². The largest absolute Gasteiger partial charge is 0.490 e. The SMILES string of the molecule is Fc1cncnc1N1CCC(Oc2cccc3[nH]ccc23)CC1. The van der Waals surface area contributed by atoms with Gasteiger partial charge in [0.1, 0.15) is 18.2 Å². The Kier molecular flexibility index (Phi) is 3.57. The van der Waals surface area contributed by atoms with E-state index in [1.54, 1.807) is 0 Å². The van der Waals surface area contributed by atoms with Gasteiger partial charge < -0.3 is 14.6 Å². The Morgan fingerprint density at radius 3 is 2.91 bits per heavy atom. The van der Waals surface area contributed by atoms with Gasteiger partial charge in [0.2, 0.25) is 0 Å². The average Bonchev–Trinajstić information content (AvgIpc) is 3.06. The summed E-state index contributed by atoms with van der Waals surface area (Å²) in [5, 5.41) is 1.09. The zero-order chi connectivity index (χ0) is 15.6. The van der Waals surface area contributed by atoms with Crippen molar-refractivity contribution in [3.8, 4) is 5.75 Å². The highest BCUT2D eigenvalue weighted by molar-refractivity contribution is 5.85. The van der Waals surface area contributed by atoms with Crippen LogP contribution >= 0.6 is 0 Å². The van der Waals surface area contributed by atoms with Gasteiger partial charge in [0.05, 0.1) is 6.20 Å². The molecule has 4 rings (SSSR count). The fourth-order valence-electron chi connectivity index (χ4n) is 3.06. The number of H-pyrrole nitrogens is 1. The zero-order valence-corrected chi connectivity index (χ0v) is 12.6. The van der Waals surface area contributed by atoms with Gasteiger partial charge in [-0.15, -0.1) is 0 Å². The normalized spacial score (nSPS) is 16.0. The molecule has 6 heteroatoms. The molecule has 0 amide bonds. The number of piperidine rings is 1. The number of nitrogens with one attached hydrogen (secondary N) is 1. The van der Waals surface area contributed by atoms with E-state index in [2.05, 4.69) is 15.0 Å².